The van der Waals surface area contributed by atoms with E-state index in [1.807, 2.05) is 0 Å². The lowest BCUT2D eigenvalue weighted by Gasteiger charge is -2.12. The van der Waals surface area contributed by atoms with Gasteiger partial charge in [-0.3, -0.25) is 20.2 Å². The summed E-state index contributed by atoms with van der Waals surface area (Å²) in [5, 5.41) is 27.5. The molecule has 0 heterocycles. The fraction of sp³-hybridized carbons (Fsp3) is 0. The van der Waals surface area contributed by atoms with Gasteiger partial charge in [-0.25, -0.2) is 0 Å². The van der Waals surface area contributed by atoms with E-state index in [9.17, 15) is 20.0 Å². The number of carbonyl (C=O) groups is 1. The Bertz CT molecular complexity index is 1090. The monoisotopic (exact) mass is 401 g/mol. The highest BCUT2D eigenvalue weighted by Crippen LogP contribution is 2.28. The zero-order valence-corrected chi connectivity index (χ0v) is 15.2. The minimum atomic E-state index is -0.605. The Kier molecular flexibility index (Phi) is 5.20. The standard InChI is InChI=1S/C18H12ClN3O4S/c19-14-6-2-3-11-12(14)4-1-5-13(11)17(24)21-18(27)20-15-9-10(22(25)26)7-8-16(15)23/h1-9,23H,(H2,20,21,24,27). The van der Waals surface area contributed by atoms with Crippen LogP contribution in [0.5, 0.6) is 5.75 Å². The molecule has 3 N–H and O–H groups in total. The Morgan fingerprint density at radius 3 is 2.56 bits per heavy atom. The number of aromatic hydroxyl groups is 1. The molecular weight excluding hydrogens is 390 g/mol. The summed E-state index contributed by atoms with van der Waals surface area (Å²) in [5.74, 6) is -0.723. The Labute approximate surface area is 163 Å². The van der Waals surface area contributed by atoms with Crippen LogP contribution in [0.4, 0.5) is 11.4 Å². The maximum absolute atomic E-state index is 12.6. The third kappa shape index (κ3) is 3.97. The van der Waals surface area contributed by atoms with Crippen LogP contribution in [-0.2, 0) is 0 Å². The van der Waals surface area contributed by atoms with Crippen molar-refractivity contribution in [1.82, 2.24) is 5.32 Å². The number of benzene rings is 3. The molecule has 136 valence electrons. The van der Waals surface area contributed by atoms with Crippen LogP contribution in [0, 0.1) is 10.1 Å². The molecule has 0 spiro atoms. The molecule has 0 aliphatic rings. The molecule has 0 unspecified atom stereocenters. The molecule has 3 aromatic rings. The number of non-ortho nitro benzene ring substituents is 1. The molecule has 0 saturated heterocycles. The number of nitrogens with zero attached hydrogens (tertiary/aromatic N) is 1. The summed E-state index contributed by atoms with van der Waals surface area (Å²) in [4.78, 5) is 22.8. The summed E-state index contributed by atoms with van der Waals surface area (Å²) in [6.45, 7) is 0. The number of anilines is 1. The molecule has 0 radical (unpaired) electrons. The molecule has 7 nitrogen and oxygen atoms in total. The number of amides is 1. The topological polar surface area (TPSA) is 104 Å². The fourth-order valence-electron chi connectivity index (χ4n) is 2.53. The van der Waals surface area contributed by atoms with E-state index in [0.29, 0.717) is 16.0 Å². The number of nitrogens with one attached hydrogen (secondary N) is 2. The number of fused-ring (bicyclic) bond motifs is 1. The Morgan fingerprint density at radius 1 is 1.11 bits per heavy atom. The second kappa shape index (κ2) is 7.56. The number of hydrogen-bond donors (Lipinski definition) is 3. The van der Waals surface area contributed by atoms with Crippen molar-refractivity contribution >= 4 is 57.0 Å². The molecule has 0 aromatic heterocycles. The molecule has 0 aliphatic heterocycles. The quantitative estimate of drug-likeness (QED) is 0.262. The van der Waals surface area contributed by atoms with Gasteiger partial charge < -0.3 is 10.4 Å². The third-order valence-corrected chi connectivity index (χ3v) is 4.31. The number of phenolic OH excluding ortho intramolecular Hbond substituents is 1. The van der Waals surface area contributed by atoms with Crippen LogP contribution in [0.25, 0.3) is 10.8 Å². The summed E-state index contributed by atoms with van der Waals surface area (Å²) in [7, 11) is 0. The van der Waals surface area contributed by atoms with E-state index in [-0.39, 0.29) is 22.2 Å². The van der Waals surface area contributed by atoms with E-state index in [1.54, 1.807) is 36.4 Å². The lowest BCUT2D eigenvalue weighted by molar-refractivity contribution is -0.384. The zero-order chi connectivity index (χ0) is 19.6. The third-order valence-electron chi connectivity index (χ3n) is 3.78. The highest BCUT2D eigenvalue weighted by molar-refractivity contribution is 7.80. The number of halogens is 1. The summed E-state index contributed by atoms with van der Waals surface area (Å²) in [5.41, 5.74) is 0.144. The van der Waals surface area contributed by atoms with Gasteiger partial charge in [-0.1, -0.05) is 35.9 Å². The van der Waals surface area contributed by atoms with Gasteiger partial charge in [-0.05, 0) is 35.8 Å². The summed E-state index contributed by atoms with van der Waals surface area (Å²) in [6.07, 6.45) is 0. The van der Waals surface area contributed by atoms with Crippen molar-refractivity contribution in [3.8, 4) is 5.75 Å². The minimum Gasteiger partial charge on any atom is -0.506 e. The van der Waals surface area contributed by atoms with Crippen LogP contribution in [-0.4, -0.2) is 21.0 Å². The van der Waals surface area contributed by atoms with Gasteiger partial charge in [0, 0.05) is 28.1 Å². The van der Waals surface area contributed by atoms with Gasteiger partial charge in [0.25, 0.3) is 11.6 Å². The lowest BCUT2D eigenvalue weighted by Crippen LogP contribution is -2.34. The Hall–Kier alpha value is -3.23. The van der Waals surface area contributed by atoms with Crippen LogP contribution in [0.3, 0.4) is 0 Å². The highest BCUT2D eigenvalue weighted by Gasteiger charge is 2.15. The molecule has 0 atom stereocenters. The van der Waals surface area contributed by atoms with Crippen molar-refractivity contribution in [2.45, 2.75) is 0 Å². The van der Waals surface area contributed by atoms with E-state index < -0.39 is 10.8 Å². The molecule has 9 heteroatoms. The van der Waals surface area contributed by atoms with Crippen LogP contribution in [0.1, 0.15) is 10.4 Å². The highest BCUT2D eigenvalue weighted by atomic mass is 35.5. The van der Waals surface area contributed by atoms with E-state index in [2.05, 4.69) is 10.6 Å². The van der Waals surface area contributed by atoms with Crippen molar-refractivity contribution in [3.63, 3.8) is 0 Å². The normalized spacial score (nSPS) is 10.4. The smallest absolute Gasteiger partial charge is 0.271 e. The van der Waals surface area contributed by atoms with E-state index in [0.717, 1.165) is 23.6 Å². The van der Waals surface area contributed by atoms with Gasteiger partial charge in [0.05, 0.1) is 10.6 Å². The summed E-state index contributed by atoms with van der Waals surface area (Å²) < 4.78 is 0. The van der Waals surface area contributed by atoms with Crippen LogP contribution in [0.2, 0.25) is 5.02 Å². The Morgan fingerprint density at radius 2 is 1.81 bits per heavy atom. The number of rotatable bonds is 3. The molecule has 3 rings (SSSR count). The average molecular weight is 402 g/mol. The fourth-order valence-corrected chi connectivity index (χ4v) is 2.97. The number of thiocarbonyl (C=S) groups is 1. The van der Waals surface area contributed by atoms with Crippen molar-refractivity contribution in [2.24, 2.45) is 0 Å². The van der Waals surface area contributed by atoms with E-state index in [4.69, 9.17) is 23.8 Å². The van der Waals surface area contributed by atoms with E-state index >= 15 is 0 Å². The van der Waals surface area contributed by atoms with Gasteiger partial charge in [0.15, 0.2) is 5.11 Å². The molecule has 1 amide bonds. The minimum absolute atomic E-state index is 0.00969. The number of nitro groups is 1. The SMILES string of the molecule is O=C(NC(=S)Nc1cc([N+](=O)[O-])ccc1O)c1cccc2c(Cl)cccc12. The maximum atomic E-state index is 12.6. The zero-order valence-electron chi connectivity index (χ0n) is 13.6. The van der Waals surface area contributed by atoms with Gasteiger partial charge in [-0.2, -0.15) is 0 Å². The number of phenols is 1. The Balaban J connectivity index is 1.81. The largest absolute Gasteiger partial charge is 0.506 e. The first kappa shape index (κ1) is 18.6. The first-order chi connectivity index (χ1) is 12.9. The summed E-state index contributed by atoms with van der Waals surface area (Å²) >= 11 is 11.2. The van der Waals surface area contributed by atoms with Crippen LogP contribution < -0.4 is 10.6 Å². The van der Waals surface area contributed by atoms with Gasteiger partial charge in [0.1, 0.15) is 5.75 Å². The number of nitro benzene ring substituents is 1. The summed E-state index contributed by atoms with van der Waals surface area (Å²) in [6, 6.07) is 13.8. The first-order valence-corrected chi connectivity index (χ1v) is 8.42. The second-order valence-corrected chi connectivity index (χ2v) is 6.32. The number of hydrogen-bond acceptors (Lipinski definition) is 5. The second-order valence-electron chi connectivity index (χ2n) is 5.51. The van der Waals surface area contributed by atoms with Crippen LogP contribution in [0.15, 0.2) is 54.6 Å². The van der Waals surface area contributed by atoms with Crippen molar-refractivity contribution in [1.29, 1.82) is 0 Å². The molecule has 0 saturated carbocycles. The van der Waals surface area contributed by atoms with E-state index in [1.165, 1.54) is 0 Å². The van der Waals surface area contributed by atoms with Gasteiger partial charge in [-0.15, -0.1) is 0 Å². The molecule has 0 bridgehead atoms. The first-order valence-electron chi connectivity index (χ1n) is 7.64. The average Bonchev–Trinajstić information content (AvgIpc) is 2.63. The predicted octanol–water partition coefficient (Wildman–Crippen LogP) is 4.23. The number of carbonyl (C=O) groups excluding carboxylic acids is 1. The molecular formula is C18H12ClN3O4S. The van der Waals surface area contributed by atoms with Crippen molar-refractivity contribution in [3.05, 3.63) is 75.3 Å². The molecule has 0 fully saturated rings. The van der Waals surface area contributed by atoms with Crippen molar-refractivity contribution < 1.29 is 14.8 Å². The molecule has 0 aliphatic carbocycles. The van der Waals surface area contributed by atoms with Crippen LogP contribution >= 0.6 is 23.8 Å². The van der Waals surface area contributed by atoms with Crippen molar-refractivity contribution in [2.75, 3.05) is 5.32 Å². The maximum Gasteiger partial charge on any atom is 0.271 e. The van der Waals surface area contributed by atoms with Gasteiger partial charge in [0.2, 0.25) is 0 Å². The predicted molar refractivity (Wildman–Crippen MR) is 107 cm³/mol. The molecule has 27 heavy (non-hydrogen) atoms. The molecule has 3 aromatic carbocycles. The lowest BCUT2D eigenvalue weighted by atomic mass is 10.0. The van der Waals surface area contributed by atoms with Gasteiger partial charge >= 0.3 is 0 Å².